The van der Waals surface area contributed by atoms with Crippen molar-refractivity contribution in [2.75, 3.05) is 5.73 Å². The molecule has 0 aliphatic heterocycles. The molecule has 2 N–H and O–H groups in total. The van der Waals surface area contributed by atoms with Crippen LogP contribution in [0.5, 0.6) is 0 Å². The Morgan fingerprint density at radius 3 is 2.67 bits per heavy atom. The summed E-state index contributed by atoms with van der Waals surface area (Å²) in [5.74, 6) is 0.299. The van der Waals surface area contributed by atoms with Crippen molar-refractivity contribution in [2.45, 2.75) is 6.42 Å². The van der Waals surface area contributed by atoms with Crippen LogP contribution in [0.3, 0.4) is 0 Å². The number of benzene rings is 2. The van der Waals surface area contributed by atoms with Crippen molar-refractivity contribution >= 4 is 17.3 Å². The van der Waals surface area contributed by atoms with E-state index in [1.54, 1.807) is 36.4 Å². The SMILES string of the molecule is Nc1ccc(-c2nc(Cc3cccc(Cl)c3F)no2)cc1. The molecular formula is C15H11ClFN3O. The molecule has 6 heteroatoms. The Balaban J connectivity index is 1.85. The number of nitrogen functional groups attached to an aromatic ring is 1. The molecule has 0 radical (unpaired) electrons. The molecule has 0 atom stereocenters. The first-order valence-electron chi connectivity index (χ1n) is 6.25. The van der Waals surface area contributed by atoms with E-state index >= 15 is 0 Å². The molecule has 1 aromatic heterocycles. The van der Waals surface area contributed by atoms with E-state index in [1.807, 2.05) is 0 Å². The van der Waals surface area contributed by atoms with Gasteiger partial charge < -0.3 is 10.3 Å². The number of halogens is 2. The number of anilines is 1. The highest BCUT2D eigenvalue weighted by Gasteiger charge is 2.12. The Labute approximate surface area is 125 Å². The van der Waals surface area contributed by atoms with Crippen LogP contribution in [0.4, 0.5) is 10.1 Å². The maximum Gasteiger partial charge on any atom is 0.257 e. The second kappa shape index (κ2) is 5.54. The number of nitrogens with zero attached hydrogens (tertiary/aromatic N) is 2. The number of rotatable bonds is 3. The Morgan fingerprint density at radius 2 is 1.90 bits per heavy atom. The van der Waals surface area contributed by atoms with E-state index in [9.17, 15) is 4.39 Å². The molecule has 4 nitrogen and oxygen atoms in total. The average Bonchev–Trinajstić information content (AvgIpc) is 2.93. The van der Waals surface area contributed by atoms with Crippen LogP contribution in [0.2, 0.25) is 5.02 Å². The Hall–Kier alpha value is -2.40. The second-order valence-corrected chi connectivity index (χ2v) is 4.93. The summed E-state index contributed by atoms with van der Waals surface area (Å²) in [6.07, 6.45) is 0.213. The van der Waals surface area contributed by atoms with E-state index in [-0.39, 0.29) is 11.4 Å². The minimum absolute atomic E-state index is 0.0785. The van der Waals surface area contributed by atoms with E-state index in [2.05, 4.69) is 10.1 Å². The summed E-state index contributed by atoms with van der Waals surface area (Å²) in [5, 5.41) is 3.93. The first-order chi connectivity index (χ1) is 10.1. The average molecular weight is 304 g/mol. The monoisotopic (exact) mass is 303 g/mol. The van der Waals surface area contributed by atoms with Crippen LogP contribution in [0.15, 0.2) is 47.0 Å². The Morgan fingerprint density at radius 1 is 1.14 bits per heavy atom. The third-order valence-corrected chi connectivity index (χ3v) is 3.30. The number of hydrogen-bond donors (Lipinski definition) is 1. The number of hydrogen-bond acceptors (Lipinski definition) is 4. The van der Waals surface area contributed by atoms with Gasteiger partial charge in [0.2, 0.25) is 0 Å². The van der Waals surface area contributed by atoms with Gasteiger partial charge in [0.25, 0.3) is 5.89 Å². The van der Waals surface area contributed by atoms with Crippen LogP contribution in [-0.4, -0.2) is 10.1 Å². The maximum absolute atomic E-state index is 13.8. The molecule has 0 unspecified atom stereocenters. The second-order valence-electron chi connectivity index (χ2n) is 4.53. The zero-order valence-corrected chi connectivity index (χ0v) is 11.6. The van der Waals surface area contributed by atoms with Crippen LogP contribution in [0.1, 0.15) is 11.4 Å². The topological polar surface area (TPSA) is 64.9 Å². The zero-order valence-electron chi connectivity index (χ0n) is 10.9. The van der Waals surface area contributed by atoms with Gasteiger partial charge in [0, 0.05) is 17.7 Å². The van der Waals surface area contributed by atoms with Crippen LogP contribution in [-0.2, 0) is 6.42 Å². The lowest BCUT2D eigenvalue weighted by Gasteiger charge is -2.00. The van der Waals surface area contributed by atoms with Gasteiger partial charge in [0.15, 0.2) is 5.82 Å². The van der Waals surface area contributed by atoms with Gasteiger partial charge in [-0.25, -0.2) is 4.39 Å². The highest BCUT2D eigenvalue weighted by atomic mass is 35.5. The molecule has 1 heterocycles. The predicted octanol–water partition coefficient (Wildman–Crippen LogP) is 3.70. The lowest BCUT2D eigenvalue weighted by Crippen LogP contribution is -1.95. The van der Waals surface area contributed by atoms with Gasteiger partial charge >= 0.3 is 0 Å². The molecule has 0 fully saturated rings. The van der Waals surface area contributed by atoms with Gasteiger partial charge in [-0.3, -0.25) is 0 Å². The first kappa shape index (κ1) is 13.6. The minimum atomic E-state index is -0.460. The van der Waals surface area contributed by atoms with Crippen molar-refractivity contribution in [3.8, 4) is 11.5 Å². The molecule has 0 amide bonds. The van der Waals surface area contributed by atoms with Crippen LogP contribution < -0.4 is 5.73 Å². The van der Waals surface area contributed by atoms with Crippen molar-refractivity contribution < 1.29 is 8.91 Å². The first-order valence-corrected chi connectivity index (χ1v) is 6.62. The zero-order chi connectivity index (χ0) is 14.8. The molecule has 3 rings (SSSR count). The molecule has 3 aromatic rings. The van der Waals surface area contributed by atoms with E-state index in [0.717, 1.165) is 5.56 Å². The fourth-order valence-corrected chi connectivity index (χ4v) is 2.12. The Bertz CT molecular complexity index is 771. The van der Waals surface area contributed by atoms with Gasteiger partial charge in [-0.1, -0.05) is 28.9 Å². The fourth-order valence-electron chi connectivity index (χ4n) is 1.92. The summed E-state index contributed by atoms with van der Waals surface area (Å²) in [7, 11) is 0. The summed E-state index contributed by atoms with van der Waals surface area (Å²) in [4.78, 5) is 4.25. The molecule has 0 aliphatic rings. The van der Waals surface area contributed by atoms with Crippen molar-refractivity contribution in [1.82, 2.24) is 10.1 Å². The predicted molar refractivity (Wildman–Crippen MR) is 78.4 cm³/mol. The highest BCUT2D eigenvalue weighted by Crippen LogP contribution is 2.22. The largest absolute Gasteiger partial charge is 0.399 e. The number of aromatic nitrogens is 2. The van der Waals surface area contributed by atoms with Crippen molar-refractivity contribution in [3.05, 3.63) is 64.7 Å². The molecule has 0 spiro atoms. The van der Waals surface area contributed by atoms with E-state index in [0.29, 0.717) is 23.0 Å². The lowest BCUT2D eigenvalue weighted by molar-refractivity contribution is 0.423. The normalized spacial score (nSPS) is 10.8. The van der Waals surface area contributed by atoms with Crippen molar-refractivity contribution in [1.29, 1.82) is 0 Å². The quantitative estimate of drug-likeness (QED) is 0.749. The molecule has 0 saturated carbocycles. The molecule has 106 valence electrons. The van der Waals surface area contributed by atoms with Gasteiger partial charge in [-0.05, 0) is 35.9 Å². The molecular weight excluding hydrogens is 293 g/mol. The standard InChI is InChI=1S/C15H11ClFN3O/c16-12-3-1-2-10(14(12)17)8-13-19-15(21-20-13)9-4-6-11(18)7-5-9/h1-7H,8,18H2. The lowest BCUT2D eigenvalue weighted by atomic mass is 10.1. The highest BCUT2D eigenvalue weighted by molar-refractivity contribution is 6.30. The Kier molecular flexibility index (Phi) is 3.58. The van der Waals surface area contributed by atoms with Crippen LogP contribution in [0, 0.1) is 5.82 Å². The summed E-state index contributed by atoms with van der Waals surface area (Å²) in [5.41, 5.74) is 7.46. The fraction of sp³-hybridized carbons (Fsp3) is 0.0667. The molecule has 21 heavy (non-hydrogen) atoms. The molecule has 2 aromatic carbocycles. The minimum Gasteiger partial charge on any atom is -0.399 e. The van der Waals surface area contributed by atoms with Gasteiger partial charge in [0.1, 0.15) is 5.82 Å². The van der Waals surface area contributed by atoms with Crippen LogP contribution in [0.25, 0.3) is 11.5 Å². The van der Waals surface area contributed by atoms with Crippen molar-refractivity contribution in [3.63, 3.8) is 0 Å². The van der Waals surface area contributed by atoms with Gasteiger partial charge in [-0.15, -0.1) is 0 Å². The molecule has 0 aliphatic carbocycles. The third-order valence-electron chi connectivity index (χ3n) is 3.01. The van der Waals surface area contributed by atoms with E-state index in [4.69, 9.17) is 21.9 Å². The van der Waals surface area contributed by atoms with E-state index in [1.165, 1.54) is 6.07 Å². The summed E-state index contributed by atoms with van der Waals surface area (Å²) < 4.78 is 19.0. The number of nitrogens with two attached hydrogens (primary N) is 1. The van der Waals surface area contributed by atoms with E-state index < -0.39 is 5.82 Å². The summed E-state index contributed by atoms with van der Waals surface area (Å²) in [6, 6.07) is 11.9. The van der Waals surface area contributed by atoms with Gasteiger partial charge in [0.05, 0.1) is 5.02 Å². The smallest absolute Gasteiger partial charge is 0.257 e. The maximum atomic E-state index is 13.8. The molecule has 0 bridgehead atoms. The van der Waals surface area contributed by atoms with Crippen molar-refractivity contribution in [2.24, 2.45) is 0 Å². The van der Waals surface area contributed by atoms with Crippen LogP contribution >= 0.6 is 11.6 Å². The van der Waals surface area contributed by atoms with Gasteiger partial charge in [-0.2, -0.15) is 4.98 Å². The third kappa shape index (κ3) is 2.87. The summed E-state index contributed by atoms with van der Waals surface area (Å²) >= 11 is 5.74. The summed E-state index contributed by atoms with van der Waals surface area (Å²) in [6.45, 7) is 0. The molecule has 0 saturated heterocycles.